The average molecular weight is 207 g/mol. The number of carbonyl (C=O) groups is 1. The largest absolute Gasteiger partial charge is 0.465 e. The predicted molar refractivity (Wildman–Crippen MR) is 51.4 cm³/mol. The van der Waals surface area contributed by atoms with Crippen LogP contribution in [0.25, 0.3) is 0 Å². The zero-order chi connectivity index (χ0) is 10.8. The van der Waals surface area contributed by atoms with E-state index in [0.717, 1.165) is 0 Å². The molecule has 0 aromatic heterocycles. The summed E-state index contributed by atoms with van der Waals surface area (Å²) in [5, 5.41) is 10.7. The molecule has 0 aliphatic carbocycles. The summed E-state index contributed by atoms with van der Waals surface area (Å²) >= 11 is 0. The number of nitrogens with zero attached hydrogens (tertiary/aromatic N) is 1. The second kappa shape index (κ2) is 3.68. The van der Waals surface area contributed by atoms with Crippen molar-refractivity contribution in [2.24, 2.45) is 0 Å². The molecule has 0 spiro atoms. The van der Waals surface area contributed by atoms with Gasteiger partial charge in [-0.15, -0.1) is 0 Å². The Kier molecular flexibility index (Phi) is 2.37. The number of rotatable bonds is 2. The number of ether oxygens (including phenoxy) is 1. The van der Waals surface area contributed by atoms with Crippen molar-refractivity contribution in [2.75, 3.05) is 6.61 Å². The molecule has 1 aliphatic rings. The molecule has 1 atom stereocenters. The summed E-state index contributed by atoms with van der Waals surface area (Å²) in [6, 6.07) is 6.28. The van der Waals surface area contributed by atoms with Crippen LogP contribution in [0, 0.1) is 10.1 Å². The summed E-state index contributed by atoms with van der Waals surface area (Å²) in [5.74, 6) is -0.851. The van der Waals surface area contributed by atoms with Gasteiger partial charge in [-0.05, 0) is 6.42 Å². The van der Waals surface area contributed by atoms with E-state index in [1.54, 1.807) is 18.2 Å². The van der Waals surface area contributed by atoms with Crippen LogP contribution in [0.5, 0.6) is 0 Å². The third-order valence-electron chi connectivity index (χ3n) is 2.44. The number of esters is 1. The van der Waals surface area contributed by atoms with E-state index in [1.807, 2.05) is 0 Å². The van der Waals surface area contributed by atoms with Crippen molar-refractivity contribution in [2.45, 2.75) is 12.3 Å². The van der Waals surface area contributed by atoms with Gasteiger partial charge in [-0.3, -0.25) is 14.9 Å². The summed E-state index contributed by atoms with van der Waals surface area (Å²) < 4.78 is 4.79. The van der Waals surface area contributed by atoms with Crippen LogP contribution in [0.2, 0.25) is 0 Å². The number of hydrogen-bond donors (Lipinski definition) is 0. The van der Waals surface area contributed by atoms with E-state index < -0.39 is 10.8 Å². The van der Waals surface area contributed by atoms with E-state index in [9.17, 15) is 14.9 Å². The molecule has 1 saturated heterocycles. The molecule has 5 heteroatoms. The Morgan fingerprint density at radius 2 is 2.13 bits per heavy atom. The van der Waals surface area contributed by atoms with Crippen LogP contribution in [0.3, 0.4) is 0 Å². The van der Waals surface area contributed by atoms with Gasteiger partial charge in [-0.1, -0.05) is 18.2 Å². The standard InChI is InChI=1S/C10H9NO4/c12-10-8(5-6-15-10)7-3-1-2-4-9(7)11(13)14/h1-4,8H,5-6H2. The van der Waals surface area contributed by atoms with Gasteiger partial charge < -0.3 is 4.74 Å². The van der Waals surface area contributed by atoms with Crippen LogP contribution in [-0.2, 0) is 9.53 Å². The normalized spacial score (nSPS) is 20.0. The lowest BCUT2D eigenvalue weighted by atomic mass is 9.96. The molecule has 0 N–H and O–H groups in total. The summed E-state index contributed by atoms with van der Waals surface area (Å²) in [6.45, 7) is 0.343. The highest BCUT2D eigenvalue weighted by molar-refractivity contribution is 5.81. The van der Waals surface area contributed by atoms with Crippen LogP contribution < -0.4 is 0 Å². The van der Waals surface area contributed by atoms with Gasteiger partial charge >= 0.3 is 5.97 Å². The average Bonchev–Trinajstić information content (AvgIpc) is 2.64. The molecule has 2 rings (SSSR count). The van der Waals surface area contributed by atoms with Crippen molar-refractivity contribution in [1.29, 1.82) is 0 Å². The van der Waals surface area contributed by atoms with E-state index in [2.05, 4.69) is 0 Å². The zero-order valence-electron chi connectivity index (χ0n) is 7.88. The number of nitro groups is 1. The minimum Gasteiger partial charge on any atom is -0.465 e. The predicted octanol–water partition coefficient (Wildman–Crippen LogP) is 1.63. The quantitative estimate of drug-likeness (QED) is 0.419. The lowest BCUT2D eigenvalue weighted by Crippen LogP contribution is -2.08. The second-order valence-electron chi connectivity index (χ2n) is 3.32. The molecule has 0 bridgehead atoms. The molecule has 5 nitrogen and oxygen atoms in total. The van der Waals surface area contributed by atoms with Gasteiger partial charge in [-0.2, -0.15) is 0 Å². The van der Waals surface area contributed by atoms with Gasteiger partial charge in [0.25, 0.3) is 5.69 Å². The smallest absolute Gasteiger partial charge is 0.313 e. The molecule has 0 saturated carbocycles. The fraction of sp³-hybridized carbons (Fsp3) is 0.300. The lowest BCUT2D eigenvalue weighted by molar-refractivity contribution is -0.385. The third kappa shape index (κ3) is 1.68. The Morgan fingerprint density at radius 1 is 1.40 bits per heavy atom. The summed E-state index contributed by atoms with van der Waals surface area (Å²) in [6.07, 6.45) is 0.518. The Hall–Kier alpha value is -1.91. The highest BCUT2D eigenvalue weighted by Gasteiger charge is 2.32. The van der Waals surface area contributed by atoms with Crippen LogP contribution in [-0.4, -0.2) is 17.5 Å². The van der Waals surface area contributed by atoms with Crippen molar-refractivity contribution in [3.05, 3.63) is 39.9 Å². The molecule has 1 unspecified atom stereocenters. The monoisotopic (exact) mass is 207 g/mol. The van der Waals surface area contributed by atoms with Gasteiger partial charge in [0.15, 0.2) is 0 Å². The van der Waals surface area contributed by atoms with Crippen molar-refractivity contribution >= 4 is 11.7 Å². The summed E-state index contributed by atoms with van der Waals surface area (Å²) in [5.41, 5.74) is 0.436. The van der Waals surface area contributed by atoms with E-state index >= 15 is 0 Å². The van der Waals surface area contributed by atoms with Crippen LogP contribution in [0.4, 0.5) is 5.69 Å². The molecule has 0 radical (unpaired) electrons. The van der Waals surface area contributed by atoms with Crippen molar-refractivity contribution in [3.8, 4) is 0 Å². The van der Waals surface area contributed by atoms with Crippen LogP contribution in [0.1, 0.15) is 17.9 Å². The number of cyclic esters (lactones) is 1. The topological polar surface area (TPSA) is 69.4 Å². The first kappa shape index (κ1) is 9.64. The second-order valence-corrected chi connectivity index (χ2v) is 3.32. The maximum Gasteiger partial charge on any atom is 0.313 e. The van der Waals surface area contributed by atoms with Gasteiger partial charge in [0.2, 0.25) is 0 Å². The Labute approximate surface area is 85.8 Å². The first-order valence-electron chi connectivity index (χ1n) is 4.60. The molecular formula is C10H9NO4. The van der Waals surface area contributed by atoms with Crippen molar-refractivity contribution in [3.63, 3.8) is 0 Å². The molecule has 1 fully saturated rings. The highest BCUT2D eigenvalue weighted by atomic mass is 16.6. The molecule has 1 aromatic carbocycles. The van der Waals surface area contributed by atoms with Gasteiger partial charge in [0.05, 0.1) is 17.4 Å². The van der Waals surface area contributed by atoms with Gasteiger partial charge in [-0.25, -0.2) is 0 Å². The molecule has 15 heavy (non-hydrogen) atoms. The minimum absolute atomic E-state index is 0.0126. The Morgan fingerprint density at radius 3 is 2.73 bits per heavy atom. The number of benzene rings is 1. The molecule has 1 heterocycles. The van der Waals surface area contributed by atoms with E-state index in [-0.39, 0.29) is 11.7 Å². The fourth-order valence-corrected chi connectivity index (χ4v) is 1.73. The maximum atomic E-state index is 11.3. The highest BCUT2D eigenvalue weighted by Crippen LogP contribution is 2.32. The number of hydrogen-bond acceptors (Lipinski definition) is 4. The number of para-hydroxylation sites is 1. The van der Waals surface area contributed by atoms with Crippen molar-refractivity contribution < 1.29 is 14.5 Å². The number of carbonyl (C=O) groups excluding carboxylic acids is 1. The Balaban J connectivity index is 2.42. The van der Waals surface area contributed by atoms with E-state index in [0.29, 0.717) is 18.6 Å². The first-order chi connectivity index (χ1) is 7.20. The zero-order valence-corrected chi connectivity index (χ0v) is 7.88. The molecule has 1 aromatic rings. The summed E-state index contributed by atoms with van der Waals surface area (Å²) in [4.78, 5) is 21.6. The lowest BCUT2D eigenvalue weighted by Gasteiger charge is -2.05. The van der Waals surface area contributed by atoms with E-state index in [4.69, 9.17) is 4.74 Å². The van der Waals surface area contributed by atoms with Crippen LogP contribution >= 0.6 is 0 Å². The molecule has 78 valence electrons. The first-order valence-corrected chi connectivity index (χ1v) is 4.60. The molecule has 1 aliphatic heterocycles. The SMILES string of the molecule is O=C1OCCC1c1ccccc1[N+](=O)[O-]. The van der Waals surface area contributed by atoms with Gasteiger partial charge in [0, 0.05) is 11.6 Å². The maximum absolute atomic E-state index is 11.3. The summed E-state index contributed by atoms with van der Waals surface area (Å²) in [7, 11) is 0. The van der Waals surface area contributed by atoms with Gasteiger partial charge in [0.1, 0.15) is 0 Å². The third-order valence-corrected chi connectivity index (χ3v) is 2.44. The fourth-order valence-electron chi connectivity index (χ4n) is 1.73. The molecule has 0 amide bonds. The number of nitro benzene ring substituents is 1. The molecular weight excluding hydrogens is 198 g/mol. The van der Waals surface area contributed by atoms with Crippen LogP contribution in [0.15, 0.2) is 24.3 Å². The van der Waals surface area contributed by atoms with E-state index in [1.165, 1.54) is 6.07 Å². The Bertz CT molecular complexity index is 416. The van der Waals surface area contributed by atoms with Crippen molar-refractivity contribution in [1.82, 2.24) is 0 Å². The minimum atomic E-state index is -0.480.